The Hall–Kier alpha value is -0.420. The zero-order chi connectivity index (χ0) is 14.6. The third kappa shape index (κ3) is 10.9. The number of carbonyl (C=O) groups is 1. The van der Waals surface area contributed by atoms with E-state index in [0.717, 1.165) is 36.7 Å². The molecule has 0 saturated heterocycles. The van der Waals surface area contributed by atoms with Crippen molar-refractivity contribution >= 4 is 41.7 Å². The Morgan fingerprint density at radius 1 is 1.19 bits per heavy atom. The number of hydrogen-bond acceptors (Lipinski definition) is 3. The molecule has 1 aromatic rings. The van der Waals surface area contributed by atoms with Crippen LogP contribution in [0, 0.1) is 0 Å². The van der Waals surface area contributed by atoms with Crippen LogP contribution in [0.3, 0.4) is 0 Å². The van der Waals surface area contributed by atoms with Gasteiger partial charge >= 0.3 is 0 Å². The zero-order valence-electron chi connectivity index (χ0n) is 12.4. The SMILES string of the molecule is CCCNCCNC(=O)CCCSc1ccc(Cl)cc1.Cl. The average Bonchev–Trinajstić information content (AvgIpc) is 2.45. The summed E-state index contributed by atoms with van der Waals surface area (Å²) in [6, 6.07) is 7.79. The van der Waals surface area contributed by atoms with Crippen LogP contribution in [0.5, 0.6) is 0 Å². The van der Waals surface area contributed by atoms with Gasteiger partial charge in [-0.3, -0.25) is 4.79 Å². The molecule has 0 spiro atoms. The summed E-state index contributed by atoms with van der Waals surface area (Å²) in [6.07, 6.45) is 2.60. The van der Waals surface area contributed by atoms with Gasteiger partial charge in [0.25, 0.3) is 0 Å². The topological polar surface area (TPSA) is 41.1 Å². The normalized spacial score (nSPS) is 10.0. The van der Waals surface area contributed by atoms with Crippen molar-refractivity contribution in [3.63, 3.8) is 0 Å². The van der Waals surface area contributed by atoms with Crippen molar-refractivity contribution in [3.8, 4) is 0 Å². The molecular weight excluding hydrogens is 327 g/mol. The molecule has 2 N–H and O–H groups in total. The van der Waals surface area contributed by atoms with Gasteiger partial charge in [0, 0.05) is 29.4 Å². The molecule has 3 nitrogen and oxygen atoms in total. The van der Waals surface area contributed by atoms with Crippen molar-refractivity contribution in [2.45, 2.75) is 31.1 Å². The molecule has 0 saturated carbocycles. The lowest BCUT2D eigenvalue weighted by atomic mass is 10.3. The molecule has 1 rings (SSSR count). The van der Waals surface area contributed by atoms with Crippen LogP contribution in [0.1, 0.15) is 26.2 Å². The number of hydrogen-bond donors (Lipinski definition) is 2. The summed E-state index contributed by atoms with van der Waals surface area (Å²) >= 11 is 7.58. The maximum Gasteiger partial charge on any atom is 0.220 e. The number of thioether (sulfide) groups is 1. The van der Waals surface area contributed by atoms with E-state index in [1.165, 1.54) is 4.90 Å². The summed E-state index contributed by atoms with van der Waals surface area (Å²) in [5.41, 5.74) is 0. The van der Waals surface area contributed by atoms with Crippen molar-refractivity contribution < 1.29 is 4.79 Å². The van der Waals surface area contributed by atoms with E-state index >= 15 is 0 Å². The lowest BCUT2D eigenvalue weighted by Crippen LogP contribution is -2.31. The minimum absolute atomic E-state index is 0. The largest absolute Gasteiger partial charge is 0.355 e. The van der Waals surface area contributed by atoms with Gasteiger partial charge in [0.15, 0.2) is 0 Å². The molecule has 0 aliphatic carbocycles. The average molecular weight is 351 g/mol. The Morgan fingerprint density at radius 3 is 2.57 bits per heavy atom. The molecule has 0 aliphatic heterocycles. The van der Waals surface area contributed by atoms with Crippen LogP contribution < -0.4 is 10.6 Å². The number of nitrogens with one attached hydrogen (secondary N) is 2. The van der Waals surface area contributed by atoms with E-state index in [0.29, 0.717) is 13.0 Å². The lowest BCUT2D eigenvalue weighted by molar-refractivity contribution is -0.121. The van der Waals surface area contributed by atoms with Gasteiger partial charge in [-0.1, -0.05) is 18.5 Å². The van der Waals surface area contributed by atoms with Gasteiger partial charge < -0.3 is 10.6 Å². The summed E-state index contributed by atoms with van der Waals surface area (Å²) in [5, 5.41) is 6.93. The summed E-state index contributed by atoms with van der Waals surface area (Å²) < 4.78 is 0. The molecule has 0 heterocycles. The van der Waals surface area contributed by atoms with Gasteiger partial charge in [0.1, 0.15) is 0 Å². The highest BCUT2D eigenvalue weighted by atomic mass is 35.5. The fourth-order valence-corrected chi connectivity index (χ4v) is 2.61. The van der Waals surface area contributed by atoms with Crippen LogP contribution >= 0.6 is 35.8 Å². The molecule has 1 amide bonds. The van der Waals surface area contributed by atoms with E-state index in [-0.39, 0.29) is 18.3 Å². The Morgan fingerprint density at radius 2 is 1.90 bits per heavy atom. The molecule has 0 unspecified atom stereocenters. The lowest BCUT2D eigenvalue weighted by Gasteiger charge is -2.06. The summed E-state index contributed by atoms with van der Waals surface area (Å²) in [6.45, 7) is 4.69. The molecule has 0 atom stereocenters. The van der Waals surface area contributed by atoms with Crippen LogP contribution in [-0.4, -0.2) is 31.3 Å². The first kappa shape index (κ1) is 20.6. The second-order valence-electron chi connectivity index (χ2n) is 4.51. The van der Waals surface area contributed by atoms with Gasteiger partial charge in [0.2, 0.25) is 5.91 Å². The van der Waals surface area contributed by atoms with E-state index in [2.05, 4.69) is 17.6 Å². The van der Waals surface area contributed by atoms with Gasteiger partial charge in [0.05, 0.1) is 0 Å². The van der Waals surface area contributed by atoms with Gasteiger partial charge in [-0.2, -0.15) is 0 Å². The van der Waals surface area contributed by atoms with Gasteiger partial charge in [-0.15, -0.1) is 24.2 Å². The number of halogens is 2. The fraction of sp³-hybridized carbons (Fsp3) is 0.533. The van der Waals surface area contributed by atoms with Crippen LogP contribution in [-0.2, 0) is 4.79 Å². The summed E-state index contributed by atoms with van der Waals surface area (Å²) in [5.74, 6) is 1.09. The number of rotatable bonds is 10. The van der Waals surface area contributed by atoms with E-state index in [9.17, 15) is 4.79 Å². The monoisotopic (exact) mass is 350 g/mol. The maximum absolute atomic E-state index is 11.6. The van der Waals surface area contributed by atoms with Crippen LogP contribution in [0.4, 0.5) is 0 Å². The predicted octanol–water partition coefficient (Wildman–Crippen LogP) is 3.75. The van der Waals surface area contributed by atoms with E-state index in [1.807, 2.05) is 24.3 Å². The summed E-state index contributed by atoms with van der Waals surface area (Å²) in [4.78, 5) is 12.8. The molecule has 1 aromatic carbocycles. The molecule has 6 heteroatoms. The quantitative estimate of drug-likeness (QED) is 0.498. The first-order chi connectivity index (χ1) is 9.72. The Bertz CT molecular complexity index is 388. The number of benzene rings is 1. The first-order valence-corrected chi connectivity index (χ1v) is 8.44. The van der Waals surface area contributed by atoms with Crippen LogP contribution in [0.15, 0.2) is 29.2 Å². The zero-order valence-corrected chi connectivity index (χ0v) is 14.8. The second kappa shape index (κ2) is 13.3. The number of amides is 1. The predicted molar refractivity (Wildman–Crippen MR) is 94.8 cm³/mol. The maximum atomic E-state index is 11.6. The molecule has 0 radical (unpaired) electrons. The van der Waals surface area contributed by atoms with E-state index in [1.54, 1.807) is 11.8 Å². The van der Waals surface area contributed by atoms with Gasteiger partial charge in [-0.05, 0) is 49.4 Å². The molecule has 120 valence electrons. The van der Waals surface area contributed by atoms with Gasteiger partial charge in [-0.25, -0.2) is 0 Å². The smallest absolute Gasteiger partial charge is 0.220 e. The van der Waals surface area contributed by atoms with Crippen molar-refractivity contribution in [1.82, 2.24) is 10.6 Å². The molecule has 0 bridgehead atoms. The highest BCUT2D eigenvalue weighted by Crippen LogP contribution is 2.21. The Labute approximate surface area is 143 Å². The first-order valence-electron chi connectivity index (χ1n) is 7.08. The van der Waals surface area contributed by atoms with Crippen molar-refractivity contribution in [1.29, 1.82) is 0 Å². The molecule has 0 fully saturated rings. The van der Waals surface area contributed by atoms with Crippen LogP contribution in [0.25, 0.3) is 0 Å². The second-order valence-corrected chi connectivity index (χ2v) is 6.11. The Balaban J connectivity index is 0.00000400. The van der Waals surface area contributed by atoms with E-state index in [4.69, 9.17) is 11.6 Å². The standard InChI is InChI=1S/C15H23ClN2OS.ClH/c1-2-9-17-10-11-18-15(19)4-3-12-20-14-7-5-13(16)6-8-14;/h5-8,17H,2-4,9-12H2,1H3,(H,18,19);1H. The molecule has 0 aromatic heterocycles. The third-order valence-electron chi connectivity index (χ3n) is 2.68. The minimum Gasteiger partial charge on any atom is -0.355 e. The fourth-order valence-electron chi connectivity index (χ4n) is 1.63. The highest BCUT2D eigenvalue weighted by Gasteiger charge is 2.01. The molecule has 21 heavy (non-hydrogen) atoms. The van der Waals surface area contributed by atoms with Crippen molar-refractivity contribution in [2.24, 2.45) is 0 Å². The minimum atomic E-state index is 0. The highest BCUT2D eigenvalue weighted by molar-refractivity contribution is 7.99. The number of carbonyl (C=O) groups excluding carboxylic acids is 1. The van der Waals surface area contributed by atoms with E-state index < -0.39 is 0 Å². The molecular formula is C15H24Cl2N2OS. The Kier molecular flexibility index (Phi) is 13.0. The van der Waals surface area contributed by atoms with Crippen LogP contribution in [0.2, 0.25) is 5.02 Å². The third-order valence-corrected chi connectivity index (χ3v) is 4.03. The molecule has 0 aliphatic rings. The van der Waals surface area contributed by atoms with Crippen molar-refractivity contribution in [2.75, 3.05) is 25.4 Å². The summed E-state index contributed by atoms with van der Waals surface area (Å²) in [7, 11) is 0. The van der Waals surface area contributed by atoms with Crippen molar-refractivity contribution in [3.05, 3.63) is 29.3 Å².